The van der Waals surface area contributed by atoms with E-state index in [4.69, 9.17) is 10.6 Å². The van der Waals surface area contributed by atoms with Gasteiger partial charge in [-0.3, -0.25) is 0 Å². The molecule has 0 aliphatic heterocycles. The van der Waals surface area contributed by atoms with Gasteiger partial charge >= 0.3 is 0 Å². The largest absolute Gasteiger partial charge is 0.497 e. The Kier molecular flexibility index (Phi) is 2.82. The van der Waals surface area contributed by atoms with Gasteiger partial charge in [-0.2, -0.15) is 0 Å². The quantitative estimate of drug-likeness (QED) is 0.802. The molecular formula is C11H13F2NO2. The van der Waals surface area contributed by atoms with Gasteiger partial charge < -0.3 is 9.57 Å². The Labute approximate surface area is 92.1 Å². The lowest BCUT2D eigenvalue weighted by molar-refractivity contribution is 0.114. The molecule has 88 valence electrons. The maximum atomic E-state index is 13.7. The normalized spacial score (nSPS) is 17.2. The van der Waals surface area contributed by atoms with Gasteiger partial charge in [0.25, 0.3) is 0 Å². The number of hydrogen-bond donors (Lipinski definition) is 1. The molecular weight excluding hydrogens is 216 g/mol. The zero-order valence-electron chi connectivity index (χ0n) is 8.93. The highest BCUT2D eigenvalue weighted by atomic mass is 19.1. The fraction of sp³-hybridized carbons (Fsp3) is 0.455. The summed E-state index contributed by atoms with van der Waals surface area (Å²) in [5.74, 6) is 3.94. The summed E-state index contributed by atoms with van der Waals surface area (Å²) in [6, 6.07) is 2.35. The van der Waals surface area contributed by atoms with Crippen molar-refractivity contribution in [2.75, 3.05) is 13.7 Å². The molecule has 0 atom stereocenters. The molecule has 0 amide bonds. The molecule has 1 saturated carbocycles. The Morgan fingerprint density at radius 3 is 2.25 bits per heavy atom. The van der Waals surface area contributed by atoms with Crippen molar-refractivity contribution in [2.45, 2.75) is 18.3 Å². The number of rotatable bonds is 4. The molecule has 0 aromatic heterocycles. The van der Waals surface area contributed by atoms with E-state index < -0.39 is 17.0 Å². The first-order valence-electron chi connectivity index (χ1n) is 4.98. The predicted molar refractivity (Wildman–Crippen MR) is 54.0 cm³/mol. The summed E-state index contributed by atoms with van der Waals surface area (Å²) in [6.07, 6.45) is 1.37. The second-order valence-electron chi connectivity index (χ2n) is 4.06. The van der Waals surface area contributed by atoms with Crippen LogP contribution in [0, 0.1) is 11.6 Å². The zero-order chi connectivity index (χ0) is 11.8. The Morgan fingerprint density at radius 2 is 1.88 bits per heavy atom. The SMILES string of the molecule is COc1cc(F)c(C2(CON)CC2)c(F)c1. The van der Waals surface area contributed by atoms with Crippen LogP contribution in [0.2, 0.25) is 0 Å². The highest BCUT2D eigenvalue weighted by molar-refractivity contribution is 5.39. The molecule has 0 unspecified atom stereocenters. The highest BCUT2D eigenvalue weighted by Crippen LogP contribution is 2.50. The summed E-state index contributed by atoms with van der Waals surface area (Å²) in [5.41, 5.74) is -0.534. The highest BCUT2D eigenvalue weighted by Gasteiger charge is 2.48. The summed E-state index contributed by atoms with van der Waals surface area (Å²) in [4.78, 5) is 4.53. The summed E-state index contributed by atoms with van der Waals surface area (Å²) in [6.45, 7) is 0.132. The Balaban J connectivity index is 2.41. The predicted octanol–water partition coefficient (Wildman–Crippen LogP) is 1.90. The molecule has 1 aromatic rings. The molecule has 1 aliphatic rings. The van der Waals surface area contributed by atoms with E-state index in [2.05, 4.69) is 4.84 Å². The molecule has 0 bridgehead atoms. The maximum absolute atomic E-state index is 13.7. The number of halogens is 2. The minimum Gasteiger partial charge on any atom is -0.497 e. The number of benzene rings is 1. The van der Waals surface area contributed by atoms with Crippen molar-refractivity contribution in [2.24, 2.45) is 5.90 Å². The topological polar surface area (TPSA) is 44.5 Å². The van der Waals surface area contributed by atoms with Gasteiger partial charge in [0.15, 0.2) is 0 Å². The molecule has 0 radical (unpaired) electrons. The van der Waals surface area contributed by atoms with Crippen molar-refractivity contribution in [3.8, 4) is 5.75 Å². The Morgan fingerprint density at radius 1 is 1.31 bits per heavy atom. The van der Waals surface area contributed by atoms with Gasteiger partial charge in [-0.05, 0) is 12.8 Å². The number of ether oxygens (including phenoxy) is 1. The molecule has 0 spiro atoms. The number of nitrogens with two attached hydrogens (primary N) is 1. The molecule has 1 fully saturated rings. The van der Waals surface area contributed by atoms with Gasteiger partial charge in [0, 0.05) is 23.1 Å². The van der Waals surface area contributed by atoms with Gasteiger partial charge in [0.2, 0.25) is 0 Å². The van der Waals surface area contributed by atoms with Crippen LogP contribution in [0.5, 0.6) is 5.75 Å². The molecule has 0 saturated heterocycles. The van der Waals surface area contributed by atoms with Crippen LogP contribution in [-0.2, 0) is 10.3 Å². The third-order valence-corrected chi connectivity index (χ3v) is 2.99. The third-order valence-electron chi connectivity index (χ3n) is 2.99. The van der Waals surface area contributed by atoms with E-state index >= 15 is 0 Å². The van der Waals surface area contributed by atoms with Crippen LogP contribution in [-0.4, -0.2) is 13.7 Å². The van der Waals surface area contributed by atoms with E-state index in [1.54, 1.807) is 0 Å². The zero-order valence-corrected chi connectivity index (χ0v) is 8.93. The minimum absolute atomic E-state index is 0.0544. The fourth-order valence-electron chi connectivity index (χ4n) is 1.95. The van der Waals surface area contributed by atoms with Crippen molar-refractivity contribution in [3.05, 3.63) is 29.3 Å². The lowest BCUT2D eigenvalue weighted by Crippen LogP contribution is -2.21. The monoisotopic (exact) mass is 229 g/mol. The first-order valence-corrected chi connectivity index (χ1v) is 4.98. The summed E-state index contributed by atoms with van der Waals surface area (Å²) >= 11 is 0. The van der Waals surface area contributed by atoms with Crippen molar-refractivity contribution < 1.29 is 18.4 Å². The van der Waals surface area contributed by atoms with Crippen molar-refractivity contribution >= 4 is 0 Å². The van der Waals surface area contributed by atoms with Crippen LogP contribution in [0.4, 0.5) is 8.78 Å². The molecule has 2 rings (SSSR count). The second-order valence-corrected chi connectivity index (χ2v) is 4.06. The first kappa shape index (κ1) is 11.3. The Bertz CT molecular complexity index is 382. The van der Waals surface area contributed by atoms with E-state index in [9.17, 15) is 8.78 Å². The molecule has 2 N–H and O–H groups in total. The molecule has 1 aromatic carbocycles. The van der Waals surface area contributed by atoms with E-state index in [-0.39, 0.29) is 17.9 Å². The van der Waals surface area contributed by atoms with Crippen molar-refractivity contribution in [3.63, 3.8) is 0 Å². The van der Waals surface area contributed by atoms with Gasteiger partial charge in [0.05, 0.1) is 13.7 Å². The molecule has 0 heterocycles. The lowest BCUT2D eigenvalue weighted by atomic mass is 9.95. The van der Waals surface area contributed by atoms with Crippen molar-refractivity contribution in [1.29, 1.82) is 0 Å². The van der Waals surface area contributed by atoms with Crippen LogP contribution in [0.25, 0.3) is 0 Å². The van der Waals surface area contributed by atoms with Crippen LogP contribution in [0.3, 0.4) is 0 Å². The Hall–Kier alpha value is -1.20. The van der Waals surface area contributed by atoms with Crippen molar-refractivity contribution in [1.82, 2.24) is 0 Å². The number of methoxy groups -OCH3 is 1. The average Bonchev–Trinajstić information content (AvgIpc) is 2.98. The van der Waals surface area contributed by atoms with E-state index in [1.807, 2.05) is 0 Å². The molecule has 3 nitrogen and oxygen atoms in total. The maximum Gasteiger partial charge on any atom is 0.133 e. The van der Waals surface area contributed by atoms with Crippen LogP contribution < -0.4 is 10.6 Å². The second kappa shape index (κ2) is 3.99. The first-order chi connectivity index (χ1) is 7.63. The van der Waals surface area contributed by atoms with E-state index in [0.717, 1.165) is 0 Å². The summed E-state index contributed by atoms with van der Waals surface area (Å²) in [5, 5.41) is 0. The van der Waals surface area contributed by atoms with E-state index in [1.165, 1.54) is 19.2 Å². The van der Waals surface area contributed by atoms with Crippen LogP contribution >= 0.6 is 0 Å². The molecule has 16 heavy (non-hydrogen) atoms. The molecule has 5 heteroatoms. The smallest absolute Gasteiger partial charge is 0.133 e. The lowest BCUT2D eigenvalue weighted by Gasteiger charge is -2.16. The number of hydrogen-bond acceptors (Lipinski definition) is 3. The summed E-state index contributed by atoms with van der Waals surface area (Å²) < 4.78 is 32.3. The minimum atomic E-state index is -0.605. The van der Waals surface area contributed by atoms with Crippen LogP contribution in [0.15, 0.2) is 12.1 Å². The van der Waals surface area contributed by atoms with Crippen LogP contribution in [0.1, 0.15) is 18.4 Å². The average molecular weight is 229 g/mol. The van der Waals surface area contributed by atoms with Gasteiger partial charge in [-0.1, -0.05) is 0 Å². The van der Waals surface area contributed by atoms with Gasteiger partial charge in [0.1, 0.15) is 17.4 Å². The standard InChI is InChI=1S/C11H13F2NO2/c1-15-7-4-8(12)10(9(13)5-7)11(2-3-11)6-16-14/h4-5H,2-3,6,14H2,1H3. The molecule has 1 aliphatic carbocycles. The third kappa shape index (κ3) is 1.76. The fourth-order valence-corrected chi connectivity index (χ4v) is 1.95. The van der Waals surface area contributed by atoms with E-state index in [0.29, 0.717) is 12.8 Å². The van der Waals surface area contributed by atoms with Gasteiger partial charge in [-0.25, -0.2) is 14.7 Å². The van der Waals surface area contributed by atoms with Gasteiger partial charge in [-0.15, -0.1) is 0 Å². The summed E-state index contributed by atoms with van der Waals surface area (Å²) in [7, 11) is 1.36.